The van der Waals surface area contributed by atoms with Crippen LogP contribution in [0.4, 0.5) is 13.2 Å². The van der Waals surface area contributed by atoms with Gasteiger partial charge in [0, 0.05) is 17.8 Å². The maximum absolute atomic E-state index is 12.1. The number of alkyl halides is 3. The fraction of sp³-hybridized carbons (Fsp3) is 0.429. The van der Waals surface area contributed by atoms with Gasteiger partial charge in [-0.05, 0) is 19.1 Å². The molecule has 0 aliphatic rings. The van der Waals surface area contributed by atoms with Gasteiger partial charge in [-0.1, -0.05) is 18.2 Å². The SMILES string of the molecule is C[C@@H](Cc1cc2ccccc2o1)NS(=O)(=O)CCC(F)(F)F. The third-order valence-electron chi connectivity index (χ3n) is 3.02. The number of rotatable bonds is 6. The second-order valence-corrected chi connectivity index (χ2v) is 7.03. The lowest BCUT2D eigenvalue weighted by molar-refractivity contribution is -0.130. The number of para-hydroxylation sites is 1. The van der Waals surface area contributed by atoms with E-state index in [0.717, 1.165) is 5.39 Å². The number of sulfonamides is 1. The van der Waals surface area contributed by atoms with Crippen LogP contribution in [-0.2, 0) is 16.4 Å². The van der Waals surface area contributed by atoms with Crippen molar-refractivity contribution in [2.24, 2.45) is 0 Å². The van der Waals surface area contributed by atoms with Crippen LogP contribution in [0.2, 0.25) is 0 Å². The molecule has 0 saturated carbocycles. The Hall–Kier alpha value is -1.54. The number of fused-ring (bicyclic) bond motifs is 1. The average Bonchev–Trinajstić information content (AvgIpc) is 2.77. The van der Waals surface area contributed by atoms with Crippen molar-refractivity contribution < 1.29 is 26.0 Å². The van der Waals surface area contributed by atoms with Crippen LogP contribution in [0, 0.1) is 0 Å². The lowest BCUT2D eigenvalue weighted by atomic mass is 10.2. The zero-order valence-electron chi connectivity index (χ0n) is 11.9. The quantitative estimate of drug-likeness (QED) is 0.882. The minimum absolute atomic E-state index is 0.264. The predicted molar refractivity (Wildman–Crippen MR) is 77.0 cm³/mol. The van der Waals surface area contributed by atoms with E-state index in [2.05, 4.69) is 4.72 Å². The number of hydrogen-bond acceptors (Lipinski definition) is 3. The lowest BCUT2D eigenvalue weighted by Crippen LogP contribution is -2.36. The zero-order valence-corrected chi connectivity index (χ0v) is 12.7. The molecule has 8 heteroatoms. The maximum Gasteiger partial charge on any atom is 0.390 e. The molecular formula is C14H16F3NO3S. The molecule has 22 heavy (non-hydrogen) atoms. The monoisotopic (exact) mass is 335 g/mol. The molecule has 0 saturated heterocycles. The van der Waals surface area contributed by atoms with E-state index < -0.39 is 34.4 Å². The molecule has 0 aliphatic carbocycles. The van der Waals surface area contributed by atoms with Gasteiger partial charge in [0.15, 0.2) is 0 Å². The van der Waals surface area contributed by atoms with Crippen molar-refractivity contribution in [1.82, 2.24) is 4.72 Å². The molecule has 2 aromatic rings. The summed E-state index contributed by atoms with van der Waals surface area (Å²) in [5, 5.41) is 0.893. The summed E-state index contributed by atoms with van der Waals surface area (Å²) in [4.78, 5) is 0. The zero-order chi connectivity index (χ0) is 16.4. The van der Waals surface area contributed by atoms with Gasteiger partial charge in [0.1, 0.15) is 11.3 Å². The molecule has 1 heterocycles. The van der Waals surface area contributed by atoms with Gasteiger partial charge in [-0.3, -0.25) is 0 Å². The van der Waals surface area contributed by atoms with Gasteiger partial charge in [-0.25, -0.2) is 13.1 Å². The summed E-state index contributed by atoms with van der Waals surface area (Å²) in [6.07, 6.45) is -5.59. The Labute approximate surface area is 126 Å². The van der Waals surface area contributed by atoms with Crippen molar-refractivity contribution in [3.63, 3.8) is 0 Å². The highest BCUT2D eigenvalue weighted by Crippen LogP contribution is 2.21. The van der Waals surface area contributed by atoms with Crippen molar-refractivity contribution >= 4 is 21.0 Å². The van der Waals surface area contributed by atoms with Crippen molar-refractivity contribution in [1.29, 1.82) is 0 Å². The van der Waals surface area contributed by atoms with Gasteiger partial charge in [0.2, 0.25) is 10.0 Å². The molecule has 0 fully saturated rings. The Morgan fingerprint density at radius 2 is 1.95 bits per heavy atom. The molecule has 0 bridgehead atoms. The molecule has 1 N–H and O–H groups in total. The Morgan fingerprint density at radius 3 is 2.59 bits per heavy atom. The maximum atomic E-state index is 12.1. The van der Waals surface area contributed by atoms with Gasteiger partial charge in [0.25, 0.3) is 0 Å². The van der Waals surface area contributed by atoms with Crippen LogP contribution in [0.15, 0.2) is 34.7 Å². The van der Waals surface area contributed by atoms with Crippen LogP contribution in [0.1, 0.15) is 19.1 Å². The summed E-state index contributed by atoms with van der Waals surface area (Å²) in [5.41, 5.74) is 0.685. The summed E-state index contributed by atoms with van der Waals surface area (Å²) < 4.78 is 67.2. The number of nitrogens with one attached hydrogen (secondary N) is 1. The predicted octanol–water partition coefficient (Wildman–Crippen LogP) is 3.24. The normalized spacial score (nSPS) is 14.4. The van der Waals surface area contributed by atoms with Crippen molar-refractivity contribution in [2.75, 3.05) is 5.75 Å². The number of halogens is 3. The summed E-state index contributed by atoms with van der Waals surface area (Å²) in [7, 11) is -3.98. The minimum atomic E-state index is -4.49. The number of hydrogen-bond donors (Lipinski definition) is 1. The van der Waals surface area contributed by atoms with Crippen LogP contribution in [0.3, 0.4) is 0 Å². The lowest BCUT2D eigenvalue weighted by Gasteiger charge is -2.13. The summed E-state index contributed by atoms with van der Waals surface area (Å²) >= 11 is 0. The van der Waals surface area contributed by atoms with E-state index in [1.54, 1.807) is 19.1 Å². The van der Waals surface area contributed by atoms with Gasteiger partial charge < -0.3 is 4.42 Å². The first-order valence-corrected chi connectivity index (χ1v) is 8.34. The molecule has 122 valence electrons. The molecule has 4 nitrogen and oxygen atoms in total. The second-order valence-electron chi connectivity index (χ2n) is 5.16. The fourth-order valence-electron chi connectivity index (χ4n) is 2.10. The highest BCUT2D eigenvalue weighted by molar-refractivity contribution is 7.89. The topological polar surface area (TPSA) is 59.3 Å². The van der Waals surface area contributed by atoms with Crippen molar-refractivity contribution in [3.05, 3.63) is 36.1 Å². The van der Waals surface area contributed by atoms with Crippen LogP contribution in [0.5, 0.6) is 0 Å². The molecule has 1 aromatic carbocycles. The summed E-state index contributed by atoms with van der Waals surface area (Å²) in [6, 6.07) is 8.55. The Balaban J connectivity index is 1.95. The van der Waals surface area contributed by atoms with E-state index >= 15 is 0 Å². The molecular weight excluding hydrogens is 319 g/mol. The summed E-state index contributed by atoms with van der Waals surface area (Å²) in [6.45, 7) is 1.58. The second kappa shape index (κ2) is 6.29. The van der Waals surface area contributed by atoms with Gasteiger partial charge in [-0.15, -0.1) is 0 Å². The van der Waals surface area contributed by atoms with E-state index in [4.69, 9.17) is 4.42 Å². The molecule has 1 aromatic heterocycles. The highest BCUT2D eigenvalue weighted by atomic mass is 32.2. The average molecular weight is 335 g/mol. The molecule has 0 aliphatic heterocycles. The van der Waals surface area contributed by atoms with Crippen LogP contribution < -0.4 is 4.72 Å². The molecule has 0 radical (unpaired) electrons. The van der Waals surface area contributed by atoms with Gasteiger partial charge >= 0.3 is 6.18 Å². The highest BCUT2D eigenvalue weighted by Gasteiger charge is 2.30. The van der Waals surface area contributed by atoms with E-state index in [1.807, 2.05) is 18.2 Å². The van der Waals surface area contributed by atoms with Gasteiger partial charge in [-0.2, -0.15) is 13.2 Å². The third kappa shape index (κ3) is 5.03. The molecule has 1 atom stereocenters. The standard InChI is InChI=1S/C14H16F3NO3S/c1-10(18-22(19,20)7-6-14(15,16)17)8-12-9-11-4-2-3-5-13(11)21-12/h2-5,9-10,18H,6-8H2,1H3/t10-/m0/s1. The first-order chi connectivity index (χ1) is 10.1. The third-order valence-corrected chi connectivity index (χ3v) is 4.52. The van der Waals surface area contributed by atoms with Crippen LogP contribution in [0.25, 0.3) is 11.0 Å². The number of benzene rings is 1. The Morgan fingerprint density at radius 1 is 1.27 bits per heavy atom. The first kappa shape index (κ1) is 16.8. The summed E-state index contributed by atoms with van der Waals surface area (Å²) in [5.74, 6) is -0.395. The van der Waals surface area contributed by atoms with E-state index in [-0.39, 0.29) is 6.42 Å². The molecule has 0 unspecified atom stereocenters. The van der Waals surface area contributed by atoms with Gasteiger partial charge in [0.05, 0.1) is 12.2 Å². The van der Waals surface area contributed by atoms with E-state index in [0.29, 0.717) is 11.3 Å². The molecule has 2 rings (SSSR count). The van der Waals surface area contributed by atoms with Crippen molar-refractivity contribution in [3.8, 4) is 0 Å². The van der Waals surface area contributed by atoms with Crippen molar-refractivity contribution in [2.45, 2.75) is 32.0 Å². The van der Waals surface area contributed by atoms with Crippen LogP contribution >= 0.6 is 0 Å². The van der Waals surface area contributed by atoms with Crippen LogP contribution in [-0.4, -0.2) is 26.4 Å². The fourth-order valence-corrected chi connectivity index (χ4v) is 3.41. The largest absolute Gasteiger partial charge is 0.461 e. The molecule has 0 amide bonds. The Bertz CT molecular complexity index is 704. The van der Waals surface area contributed by atoms with E-state index in [9.17, 15) is 21.6 Å². The molecule has 0 spiro atoms. The number of furan rings is 1. The Kier molecular flexibility index (Phi) is 4.81. The van der Waals surface area contributed by atoms with E-state index in [1.165, 1.54) is 0 Å². The minimum Gasteiger partial charge on any atom is -0.461 e. The smallest absolute Gasteiger partial charge is 0.390 e. The first-order valence-electron chi connectivity index (χ1n) is 6.69.